The number of aliphatic carboxylic acids is 1. The number of nitrogens with two attached hydrogens (primary N) is 1. The van der Waals surface area contributed by atoms with Gasteiger partial charge in [0.1, 0.15) is 18.1 Å². The van der Waals surface area contributed by atoms with E-state index in [0.29, 0.717) is 25.8 Å². The molecule has 1 saturated heterocycles. The van der Waals surface area contributed by atoms with Crippen LogP contribution in [-0.2, 0) is 19.2 Å². The molecule has 6 N–H and O–H groups in total. The summed E-state index contributed by atoms with van der Waals surface area (Å²) in [4.78, 5) is 49.0. The number of aliphatic hydroxyl groups excluding tert-OH is 1. The molecule has 10 heteroatoms. The Bertz CT molecular complexity index is 541. The minimum atomic E-state index is -1.13. The first-order valence-electron chi connectivity index (χ1n) is 8.69. The predicted molar refractivity (Wildman–Crippen MR) is 91.8 cm³/mol. The minimum Gasteiger partial charge on any atom is -0.480 e. The summed E-state index contributed by atoms with van der Waals surface area (Å²) < 4.78 is 0. The van der Waals surface area contributed by atoms with Gasteiger partial charge in [-0.1, -0.05) is 20.3 Å². The summed E-state index contributed by atoms with van der Waals surface area (Å²) in [5.41, 5.74) is 5.34. The Hall–Kier alpha value is -2.20. The number of nitrogens with zero attached hydrogens (tertiary/aromatic N) is 1. The van der Waals surface area contributed by atoms with Gasteiger partial charge in [0, 0.05) is 6.54 Å². The number of carboxylic acid groups (broad SMARTS) is 1. The lowest BCUT2D eigenvalue weighted by Crippen LogP contribution is -2.56. The fourth-order valence-electron chi connectivity index (χ4n) is 2.75. The molecule has 3 amide bonds. The first-order chi connectivity index (χ1) is 12.2. The molecule has 0 aliphatic carbocycles. The Morgan fingerprint density at radius 3 is 2.50 bits per heavy atom. The standard InChI is InChI=1S/C16H28N4O6/c1-3-9(2)13(15(24)20-6-4-5-11(20)16(25)26)19-12(22)7-18-14(23)10(17)8-21/h9-11,13,21H,3-8,17H2,1-2H3,(H,18,23)(H,19,22)(H,25,26). The van der Waals surface area contributed by atoms with Crippen LogP contribution in [0.1, 0.15) is 33.1 Å². The van der Waals surface area contributed by atoms with E-state index in [0.717, 1.165) is 0 Å². The van der Waals surface area contributed by atoms with Gasteiger partial charge in [-0.15, -0.1) is 0 Å². The summed E-state index contributed by atoms with van der Waals surface area (Å²) in [5, 5.41) is 22.9. The Morgan fingerprint density at radius 2 is 1.96 bits per heavy atom. The molecule has 0 aromatic heterocycles. The van der Waals surface area contributed by atoms with Gasteiger partial charge >= 0.3 is 5.97 Å². The molecule has 0 bridgehead atoms. The third-order valence-corrected chi connectivity index (χ3v) is 4.57. The zero-order valence-electron chi connectivity index (χ0n) is 15.1. The van der Waals surface area contributed by atoms with E-state index in [1.165, 1.54) is 4.90 Å². The van der Waals surface area contributed by atoms with Crippen LogP contribution in [0.5, 0.6) is 0 Å². The molecule has 1 aliphatic rings. The number of carboxylic acids is 1. The van der Waals surface area contributed by atoms with Crippen molar-refractivity contribution in [3.05, 3.63) is 0 Å². The van der Waals surface area contributed by atoms with Crippen LogP contribution >= 0.6 is 0 Å². The van der Waals surface area contributed by atoms with Crippen molar-refractivity contribution in [2.75, 3.05) is 19.7 Å². The highest BCUT2D eigenvalue weighted by atomic mass is 16.4. The van der Waals surface area contributed by atoms with E-state index in [9.17, 15) is 24.3 Å². The fourth-order valence-corrected chi connectivity index (χ4v) is 2.75. The highest BCUT2D eigenvalue weighted by molar-refractivity contribution is 5.93. The van der Waals surface area contributed by atoms with Crippen LogP contribution in [0.15, 0.2) is 0 Å². The van der Waals surface area contributed by atoms with Gasteiger partial charge in [0.2, 0.25) is 17.7 Å². The molecule has 0 radical (unpaired) electrons. The van der Waals surface area contributed by atoms with Crippen molar-refractivity contribution in [1.29, 1.82) is 0 Å². The van der Waals surface area contributed by atoms with Crippen molar-refractivity contribution in [2.24, 2.45) is 11.7 Å². The molecular weight excluding hydrogens is 344 g/mol. The molecular formula is C16H28N4O6. The number of nitrogens with one attached hydrogen (secondary N) is 2. The van der Waals surface area contributed by atoms with Gasteiger partial charge in [0.25, 0.3) is 0 Å². The maximum atomic E-state index is 12.8. The number of rotatable bonds is 9. The van der Waals surface area contributed by atoms with Gasteiger partial charge < -0.3 is 31.5 Å². The molecule has 1 rings (SSSR count). The summed E-state index contributed by atoms with van der Waals surface area (Å²) in [6, 6.07) is -2.89. The monoisotopic (exact) mass is 372 g/mol. The number of amides is 3. The lowest BCUT2D eigenvalue weighted by Gasteiger charge is -2.30. The Morgan fingerprint density at radius 1 is 1.31 bits per heavy atom. The second-order valence-electron chi connectivity index (χ2n) is 6.47. The third kappa shape index (κ3) is 5.67. The van der Waals surface area contributed by atoms with E-state index >= 15 is 0 Å². The second kappa shape index (κ2) is 10.1. The molecule has 1 heterocycles. The topological polar surface area (TPSA) is 162 Å². The van der Waals surface area contributed by atoms with E-state index in [4.69, 9.17) is 10.8 Å². The molecule has 1 fully saturated rings. The molecule has 4 unspecified atom stereocenters. The maximum Gasteiger partial charge on any atom is 0.326 e. The second-order valence-corrected chi connectivity index (χ2v) is 6.47. The first kappa shape index (κ1) is 21.8. The zero-order chi connectivity index (χ0) is 19.9. The van der Waals surface area contributed by atoms with Crippen LogP contribution in [0.2, 0.25) is 0 Å². The van der Waals surface area contributed by atoms with Gasteiger partial charge in [-0.25, -0.2) is 4.79 Å². The van der Waals surface area contributed by atoms with Gasteiger partial charge in [-0.3, -0.25) is 14.4 Å². The fraction of sp³-hybridized carbons (Fsp3) is 0.750. The lowest BCUT2D eigenvalue weighted by molar-refractivity contribution is -0.150. The number of aliphatic hydroxyl groups is 1. The highest BCUT2D eigenvalue weighted by Gasteiger charge is 2.39. The van der Waals surface area contributed by atoms with E-state index in [1.54, 1.807) is 6.92 Å². The SMILES string of the molecule is CCC(C)C(NC(=O)CNC(=O)C(N)CO)C(=O)N1CCCC1C(=O)O. The zero-order valence-corrected chi connectivity index (χ0v) is 15.1. The maximum absolute atomic E-state index is 12.8. The van der Waals surface area contributed by atoms with Crippen LogP contribution in [0.4, 0.5) is 0 Å². The van der Waals surface area contributed by atoms with E-state index in [2.05, 4.69) is 10.6 Å². The summed E-state index contributed by atoms with van der Waals surface area (Å²) in [6.07, 6.45) is 1.58. The largest absolute Gasteiger partial charge is 0.480 e. The quantitative estimate of drug-likeness (QED) is 0.313. The number of carbonyl (C=O) groups excluding carboxylic acids is 3. The molecule has 26 heavy (non-hydrogen) atoms. The summed E-state index contributed by atoms with van der Waals surface area (Å²) in [6.45, 7) is 3.04. The van der Waals surface area contributed by atoms with Crippen molar-refractivity contribution >= 4 is 23.7 Å². The molecule has 0 saturated carbocycles. The highest BCUT2D eigenvalue weighted by Crippen LogP contribution is 2.21. The molecule has 148 valence electrons. The van der Waals surface area contributed by atoms with Gasteiger partial charge in [-0.05, 0) is 18.8 Å². The molecule has 1 aliphatic heterocycles. The van der Waals surface area contributed by atoms with Gasteiger partial charge in [0.05, 0.1) is 13.2 Å². The smallest absolute Gasteiger partial charge is 0.326 e. The van der Waals surface area contributed by atoms with Crippen LogP contribution in [0.3, 0.4) is 0 Å². The Labute approximate surface area is 152 Å². The Balaban J connectivity index is 2.74. The number of likely N-dealkylation sites (tertiary alicyclic amines) is 1. The molecule has 0 aromatic rings. The molecule has 0 aromatic carbocycles. The average Bonchev–Trinajstić information content (AvgIpc) is 3.12. The lowest BCUT2D eigenvalue weighted by atomic mass is 9.97. The van der Waals surface area contributed by atoms with E-state index < -0.39 is 55.0 Å². The van der Waals surface area contributed by atoms with Crippen molar-refractivity contribution in [3.63, 3.8) is 0 Å². The van der Waals surface area contributed by atoms with Crippen LogP contribution in [-0.4, -0.2) is 76.6 Å². The van der Waals surface area contributed by atoms with Crippen LogP contribution < -0.4 is 16.4 Å². The molecule has 10 nitrogen and oxygen atoms in total. The van der Waals surface area contributed by atoms with Crippen molar-refractivity contribution < 1.29 is 29.4 Å². The van der Waals surface area contributed by atoms with E-state index in [1.807, 2.05) is 6.92 Å². The van der Waals surface area contributed by atoms with Crippen molar-refractivity contribution in [2.45, 2.75) is 51.2 Å². The van der Waals surface area contributed by atoms with Crippen molar-refractivity contribution in [1.82, 2.24) is 15.5 Å². The average molecular weight is 372 g/mol. The van der Waals surface area contributed by atoms with Gasteiger partial charge in [0.15, 0.2) is 0 Å². The number of hydrogen-bond donors (Lipinski definition) is 5. The van der Waals surface area contributed by atoms with Crippen molar-refractivity contribution in [3.8, 4) is 0 Å². The normalized spacial score (nSPS) is 20.2. The predicted octanol–water partition coefficient (Wildman–Crippen LogP) is -1.97. The van der Waals surface area contributed by atoms with Crippen LogP contribution in [0, 0.1) is 5.92 Å². The summed E-state index contributed by atoms with van der Waals surface area (Å²) in [5.74, 6) is -2.98. The molecule has 4 atom stereocenters. The Kier molecular flexibility index (Phi) is 8.46. The van der Waals surface area contributed by atoms with Gasteiger partial charge in [-0.2, -0.15) is 0 Å². The van der Waals surface area contributed by atoms with Crippen LogP contribution in [0.25, 0.3) is 0 Å². The third-order valence-electron chi connectivity index (χ3n) is 4.57. The summed E-state index contributed by atoms with van der Waals surface area (Å²) >= 11 is 0. The molecule has 0 spiro atoms. The number of carbonyl (C=O) groups is 4. The number of hydrogen-bond acceptors (Lipinski definition) is 6. The van der Waals surface area contributed by atoms with E-state index in [-0.39, 0.29) is 5.92 Å². The first-order valence-corrected chi connectivity index (χ1v) is 8.69. The minimum absolute atomic E-state index is 0.211. The summed E-state index contributed by atoms with van der Waals surface area (Å²) in [7, 11) is 0.